The number of aromatic nitrogens is 3. The maximum atomic E-state index is 11.9. The topological polar surface area (TPSA) is 137 Å². The highest BCUT2D eigenvalue weighted by molar-refractivity contribution is 7.99. The molecule has 0 atom stereocenters. The van der Waals surface area contributed by atoms with E-state index in [1.165, 1.54) is 7.11 Å². The molecule has 1 amide bonds. The quantitative estimate of drug-likeness (QED) is 0.604. The van der Waals surface area contributed by atoms with Crippen LogP contribution in [0.4, 0.5) is 5.69 Å². The lowest BCUT2D eigenvalue weighted by atomic mass is 10.2. The molecule has 0 fully saturated rings. The summed E-state index contributed by atoms with van der Waals surface area (Å²) in [6, 6.07) is 6.90. The number of rotatable bonds is 8. The number of amides is 1. The number of carboxylic acid groups (broad SMARTS) is 1. The van der Waals surface area contributed by atoms with Crippen LogP contribution in [0, 0.1) is 0 Å². The molecule has 0 spiro atoms. The van der Waals surface area contributed by atoms with Crippen molar-refractivity contribution in [2.75, 3.05) is 18.2 Å². The summed E-state index contributed by atoms with van der Waals surface area (Å²) in [6.07, 6.45) is -0.376. The third-order valence-electron chi connectivity index (χ3n) is 3.00. The van der Waals surface area contributed by atoms with Gasteiger partial charge < -0.3 is 20.0 Å². The van der Waals surface area contributed by atoms with Gasteiger partial charge in [0.1, 0.15) is 11.4 Å². The molecular weight excluding hydrogens is 348 g/mol. The maximum absolute atomic E-state index is 11.9. The average Bonchev–Trinajstić information content (AvgIpc) is 2.59. The largest absolute Gasteiger partial charge is 0.550 e. The second-order valence-electron chi connectivity index (χ2n) is 4.85. The zero-order valence-electron chi connectivity index (χ0n) is 13.3. The number of aryl methyl sites for hydroxylation is 1. The molecule has 25 heavy (non-hydrogen) atoms. The molecule has 2 N–H and O–H groups in total. The minimum atomic E-state index is -1.27. The predicted molar refractivity (Wildman–Crippen MR) is 88.3 cm³/mol. The summed E-state index contributed by atoms with van der Waals surface area (Å²) in [4.78, 5) is 36.5. The molecule has 0 aliphatic heterocycles. The molecule has 1 heterocycles. The van der Waals surface area contributed by atoms with Crippen molar-refractivity contribution >= 4 is 29.3 Å². The van der Waals surface area contributed by atoms with Crippen LogP contribution < -0.4 is 20.7 Å². The Balaban J connectivity index is 1.89. The first kappa shape index (κ1) is 18.5. The van der Waals surface area contributed by atoms with E-state index in [2.05, 4.69) is 20.5 Å². The fourth-order valence-corrected chi connectivity index (χ4v) is 2.43. The molecule has 0 unspecified atom stereocenters. The highest BCUT2D eigenvalue weighted by Crippen LogP contribution is 2.17. The summed E-state index contributed by atoms with van der Waals surface area (Å²) >= 11 is 1.00. The SMILES string of the molecule is COc1cccc(NC(=O)CSc2nnc(CCC(=O)[O-])c(=O)[nH]2)c1. The van der Waals surface area contributed by atoms with E-state index in [1.807, 2.05) is 0 Å². The van der Waals surface area contributed by atoms with Crippen LogP contribution in [-0.2, 0) is 16.0 Å². The summed E-state index contributed by atoms with van der Waals surface area (Å²) in [7, 11) is 1.53. The number of thioether (sulfide) groups is 1. The van der Waals surface area contributed by atoms with E-state index in [1.54, 1.807) is 24.3 Å². The number of ether oxygens (including phenoxy) is 1. The smallest absolute Gasteiger partial charge is 0.273 e. The molecule has 10 heteroatoms. The number of aliphatic carboxylic acids is 1. The monoisotopic (exact) mass is 363 g/mol. The van der Waals surface area contributed by atoms with Crippen LogP contribution in [0.3, 0.4) is 0 Å². The molecule has 0 aliphatic carbocycles. The summed E-state index contributed by atoms with van der Waals surface area (Å²) in [5.74, 6) is -0.927. The molecule has 9 nitrogen and oxygen atoms in total. The number of methoxy groups -OCH3 is 1. The van der Waals surface area contributed by atoms with E-state index in [-0.39, 0.29) is 35.4 Å². The summed E-state index contributed by atoms with van der Waals surface area (Å²) in [6.45, 7) is 0. The number of carboxylic acids is 1. The Labute approximate surface area is 146 Å². The Morgan fingerprint density at radius 1 is 1.36 bits per heavy atom. The van der Waals surface area contributed by atoms with Gasteiger partial charge in [0.25, 0.3) is 5.56 Å². The van der Waals surface area contributed by atoms with Gasteiger partial charge in [0.2, 0.25) is 5.91 Å². The first-order valence-electron chi connectivity index (χ1n) is 7.20. The molecular formula is C15H15N4O5S-. The first-order valence-corrected chi connectivity index (χ1v) is 8.19. The van der Waals surface area contributed by atoms with Crippen molar-refractivity contribution in [3.05, 3.63) is 40.3 Å². The summed E-state index contributed by atoms with van der Waals surface area (Å²) in [5.41, 5.74) is 0.0588. The lowest BCUT2D eigenvalue weighted by Gasteiger charge is -2.06. The number of H-pyrrole nitrogens is 1. The van der Waals surface area contributed by atoms with Gasteiger partial charge >= 0.3 is 0 Å². The third-order valence-corrected chi connectivity index (χ3v) is 3.87. The van der Waals surface area contributed by atoms with Crippen LogP contribution in [0.25, 0.3) is 0 Å². The van der Waals surface area contributed by atoms with Gasteiger partial charge in [-0.1, -0.05) is 17.8 Å². The number of nitrogens with one attached hydrogen (secondary N) is 2. The van der Waals surface area contributed by atoms with Crippen molar-refractivity contribution in [2.24, 2.45) is 0 Å². The van der Waals surface area contributed by atoms with Crippen molar-refractivity contribution in [1.82, 2.24) is 15.2 Å². The molecule has 1 aromatic heterocycles. The molecule has 2 rings (SSSR count). The summed E-state index contributed by atoms with van der Waals surface area (Å²) < 4.78 is 5.07. The fraction of sp³-hybridized carbons (Fsp3) is 0.267. The Morgan fingerprint density at radius 2 is 2.16 bits per heavy atom. The van der Waals surface area contributed by atoms with Crippen molar-refractivity contribution in [2.45, 2.75) is 18.0 Å². The zero-order chi connectivity index (χ0) is 18.2. The molecule has 0 aliphatic rings. The first-order chi connectivity index (χ1) is 12.0. The normalized spacial score (nSPS) is 10.3. The molecule has 132 valence electrons. The number of hydrogen-bond donors (Lipinski definition) is 2. The fourth-order valence-electron chi connectivity index (χ4n) is 1.83. The molecule has 0 bridgehead atoms. The predicted octanol–water partition coefficient (Wildman–Crippen LogP) is -0.413. The summed E-state index contributed by atoms with van der Waals surface area (Å²) in [5, 5.41) is 20.7. The number of carbonyl (C=O) groups excluding carboxylic acids is 2. The van der Waals surface area contributed by atoms with Gasteiger partial charge in [0.15, 0.2) is 5.16 Å². The maximum Gasteiger partial charge on any atom is 0.273 e. The number of nitrogens with zero attached hydrogens (tertiary/aromatic N) is 2. The molecule has 1 aromatic carbocycles. The van der Waals surface area contributed by atoms with E-state index in [4.69, 9.17) is 4.74 Å². The number of benzene rings is 1. The van der Waals surface area contributed by atoms with Gasteiger partial charge in [0, 0.05) is 24.1 Å². The zero-order valence-corrected chi connectivity index (χ0v) is 14.1. The Hall–Kier alpha value is -2.88. The van der Waals surface area contributed by atoms with Crippen LogP contribution in [0.15, 0.2) is 34.2 Å². The van der Waals surface area contributed by atoms with Crippen molar-refractivity contribution < 1.29 is 19.4 Å². The van der Waals surface area contributed by atoms with Crippen molar-refractivity contribution in [3.63, 3.8) is 0 Å². The Kier molecular flexibility index (Phi) is 6.52. The lowest BCUT2D eigenvalue weighted by Crippen LogP contribution is -2.25. The van der Waals surface area contributed by atoms with Gasteiger partial charge in [-0.05, 0) is 18.6 Å². The van der Waals surface area contributed by atoms with Crippen LogP contribution in [-0.4, -0.2) is 39.9 Å². The number of aromatic amines is 1. The average molecular weight is 363 g/mol. The number of carbonyl (C=O) groups is 2. The van der Waals surface area contributed by atoms with Crippen molar-refractivity contribution in [3.8, 4) is 5.75 Å². The number of hydrogen-bond acceptors (Lipinski definition) is 8. The highest BCUT2D eigenvalue weighted by Gasteiger charge is 2.09. The second kappa shape index (κ2) is 8.83. The van der Waals surface area contributed by atoms with Gasteiger partial charge in [-0.3, -0.25) is 14.6 Å². The Bertz CT molecular complexity index is 824. The van der Waals surface area contributed by atoms with E-state index in [0.717, 1.165) is 11.8 Å². The third kappa shape index (κ3) is 5.92. The number of anilines is 1. The molecule has 0 saturated heterocycles. The van der Waals surface area contributed by atoms with Crippen LogP contribution in [0.1, 0.15) is 12.1 Å². The van der Waals surface area contributed by atoms with E-state index < -0.39 is 11.5 Å². The van der Waals surface area contributed by atoms with Gasteiger partial charge in [-0.25, -0.2) is 0 Å². The van der Waals surface area contributed by atoms with Gasteiger partial charge in [0.05, 0.1) is 12.9 Å². The standard InChI is InChI=1S/C15H16N4O5S/c1-24-10-4-2-3-9(7-10)16-12(20)8-25-15-17-14(23)11(18-19-15)5-6-13(21)22/h2-4,7H,5-6,8H2,1H3,(H,16,20)(H,21,22)(H,17,19,23)/p-1. The highest BCUT2D eigenvalue weighted by atomic mass is 32.2. The van der Waals surface area contributed by atoms with Crippen LogP contribution >= 0.6 is 11.8 Å². The van der Waals surface area contributed by atoms with Gasteiger partial charge in [-0.15, -0.1) is 10.2 Å². The Morgan fingerprint density at radius 3 is 2.84 bits per heavy atom. The van der Waals surface area contributed by atoms with Crippen molar-refractivity contribution in [1.29, 1.82) is 0 Å². The van der Waals surface area contributed by atoms with Crippen LogP contribution in [0.2, 0.25) is 0 Å². The molecule has 0 radical (unpaired) electrons. The van der Waals surface area contributed by atoms with Gasteiger partial charge in [-0.2, -0.15) is 0 Å². The van der Waals surface area contributed by atoms with E-state index in [9.17, 15) is 19.5 Å². The van der Waals surface area contributed by atoms with Crippen LogP contribution in [0.5, 0.6) is 5.75 Å². The minimum Gasteiger partial charge on any atom is -0.550 e. The van der Waals surface area contributed by atoms with E-state index in [0.29, 0.717) is 11.4 Å². The van der Waals surface area contributed by atoms with E-state index >= 15 is 0 Å². The molecule has 2 aromatic rings. The molecule has 0 saturated carbocycles. The second-order valence-corrected chi connectivity index (χ2v) is 5.81. The minimum absolute atomic E-state index is 0.00869. The lowest BCUT2D eigenvalue weighted by molar-refractivity contribution is -0.305.